The number of rotatable bonds is 7. The molecule has 1 atom stereocenters. The van der Waals surface area contributed by atoms with Crippen LogP contribution in [-0.4, -0.2) is 17.5 Å². The number of aromatic nitrogens is 1. The number of esters is 1. The van der Waals surface area contributed by atoms with Crippen LogP contribution in [-0.2, 0) is 22.7 Å². The number of carbonyl (C=O) groups excluding carboxylic acids is 1. The Kier molecular flexibility index (Phi) is 5.71. The van der Waals surface area contributed by atoms with E-state index in [1.165, 1.54) is 0 Å². The summed E-state index contributed by atoms with van der Waals surface area (Å²) in [5.74, 6) is -0.468. The lowest BCUT2D eigenvalue weighted by atomic mass is 10.2. The largest absolute Gasteiger partial charge is 0.461 e. The van der Waals surface area contributed by atoms with Gasteiger partial charge in [-0.05, 0) is 5.56 Å². The molecule has 1 aromatic carbocycles. The zero-order valence-electron chi connectivity index (χ0n) is 11.8. The Morgan fingerprint density at radius 3 is 2.81 bits per heavy atom. The van der Waals surface area contributed by atoms with Crippen LogP contribution in [0.25, 0.3) is 0 Å². The first-order valence-corrected chi connectivity index (χ1v) is 7.61. The minimum Gasteiger partial charge on any atom is -0.461 e. The molecule has 1 heterocycles. The van der Waals surface area contributed by atoms with Crippen molar-refractivity contribution in [3.63, 3.8) is 0 Å². The van der Waals surface area contributed by atoms with E-state index < -0.39 is 0 Å². The van der Waals surface area contributed by atoms with E-state index in [4.69, 9.17) is 4.74 Å². The highest BCUT2D eigenvalue weighted by atomic mass is 32.1. The summed E-state index contributed by atoms with van der Waals surface area (Å²) < 4.78 is 5.26. The van der Waals surface area contributed by atoms with Crippen LogP contribution in [0.5, 0.6) is 0 Å². The molecule has 0 saturated heterocycles. The van der Waals surface area contributed by atoms with Crippen molar-refractivity contribution in [2.75, 3.05) is 6.54 Å². The van der Waals surface area contributed by atoms with Gasteiger partial charge >= 0.3 is 10.8 Å². The Morgan fingerprint density at radius 2 is 2.14 bits per heavy atom. The fraction of sp³-hybridized carbons (Fsp3) is 0.333. The van der Waals surface area contributed by atoms with Gasteiger partial charge in [-0.1, -0.05) is 48.6 Å². The van der Waals surface area contributed by atoms with Crippen LogP contribution in [0.3, 0.4) is 0 Å². The van der Waals surface area contributed by atoms with Crippen LogP contribution in [0.15, 0.2) is 40.5 Å². The predicted octanol–water partition coefficient (Wildman–Crippen LogP) is 1.91. The van der Waals surface area contributed by atoms with Crippen molar-refractivity contribution in [3.8, 4) is 0 Å². The Balaban J connectivity index is 1.69. The first-order chi connectivity index (χ1) is 10.1. The average molecular weight is 306 g/mol. The lowest BCUT2D eigenvalue weighted by Crippen LogP contribution is -2.27. The SMILES string of the molecule is CC(CNCc1csc(=O)[nH]1)C(=O)OCc1ccccc1. The van der Waals surface area contributed by atoms with Crippen molar-refractivity contribution in [1.82, 2.24) is 10.3 Å². The summed E-state index contributed by atoms with van der Waals surface area (Å²) in [7, 11) is 0. The molecule has 5 nitrogen and oxygen atoms in total. The van der Waals surface area contributed by atoms with E-state index in [9.17, 15) is 9.59 Å². The Labute approximate surface area is 127 Å². The van der Waals surface area contributed by atoms with Crippen molar-refractivity contribution in [1.29, 1.82) is 0 Å². The van der Waals surface area contributed by atoms with E-state index in [-0.39, 0.29) is 16.8 Å². The predicted molar refractivity (Wildman–Crippen MR) is 82.0 cm³/mol. The Hall–Kier alpha value is -1.92. The number of benzene rings is 1. The van der Waals surface area contributed by atoms with Gasteiger partial charge in [-0.25, -0.2) is 0 Å². The molecule has 0 saturated carbocycles. The summed E-state index contributed by atoms with van der Waals surface area (Å²) in [5.41, 5.74) is 1.80. The highest BCUT2D eigenvalue weighted by molar-refractivity contribution is 7.07. The Bertz CT molecular complexity index is 621. The second-order valence-corrected chi connectivity index (χ2v) is 5.64. The molecule has 1 aromatic heterocycles. The maximum Gasteiger partial charge on any atom is 0.310 e. The van der Waals surface area contributed by atoms with Gasteiger partial charge in [-0.2, -0.15) is 0 Å². The Morgan fingerprint density at radius 1 is 1.38 bits per heavy atom. The summed E-state index contributed by atoms with van der Waals surface area (Å²) >= 11 is 1.13. The maximum atomic E-state index is 11.8. The minimum absolute atomic E-state index is 0.0675. The second kappa shape index (κ2) is 7.75. The summed E-state index contributed by atoms with van der Waals surface area (Å²) in [4.78, 5) is 25.5. The van der Waals surface area contributed by atoms with Crippen LogP contribution in [0.4, 0.5) is 0 Å². The third-order valence-corrected chi connectivity index (χ3v) is 3.68. The second-order valence-electron chi connectivity index (χ2n) is 4.80. The van der Waals surface area contributed by atoms with E-state index in [1.54, 1.807) is 5.38 Å². The number of thiazole rings is 1. The standard InChI is InChI=1S/C15H18N2O3S/c1-11(7-16-8-13-10-21-15(19)17-13)14(18)20-9-12-5-3-2-4-6-12/h2-6,10-11,16H,7-9H2,1H3,(H,17,19). The highest BCUT2D eigenvalue weighted by Gasteiger charge is 2.14. The van der Waals surface area contributed by atoms with Crippen LogP contribution in [0, 0.1) is 5.92 Å². The molecule has 112 valence electrons. The van der Waals surface area contributed by atoms with Crippen molar-refractivity contribution >= 4 is 17.3 Å². The molecule has 6 heteroatoms. The lowest BCUT2D eigenvalue weighted by molar-refractivity contribution is -0.149. The van der Waals surface area contributed by atoms with Crippen molar-refractivity contribution in [2.24, 2.45) is 5.92 Å². The fourth-order valence-electron chi connectivity index (χ4n) is 1.78. The number of ether oxygens (including phenoxy) is 1. The third-order valence-electron chi connectivity index (χ3n) is 2.96. The van der Waals surface area contributed by atoms with Crippen LogP contribution < -0.4 is 10.2 Å². The molecular weight excluding hydrogens is 288 g/mol. The van der Waals surface area contributed by atoms with Crippen molar-refractivity contribution in [3.05, 3.63) is 56.6 Å². The molecule has 0 aliphatic rings. The lowest BCUT2D eigenvalue weighted by Gasteiger charge is -2.12. The maximum absolute atomic E-state index is 11.8. The number of nitrogens with one attached hydrogen (secondary N) is 2. The summed E-state index contributed by atoms with van der Waals surface area (Å²) in [6.45, 7) is 3.15. The molecule has 1 unspecified atom stereocenters. The molecule has 0 amide bonds. The molecule has 2 rings (SSSR count). The van der Waals surface area contributed by atoms with E-state index in [0.29, 0.717) is 19.7 Å². The van der Waals surface area contributed by atoms with Gasteiger partial charge in [0.1, 0.15) is 6.61 Å². The van der Waals surface area contributed by atoms with Gasteiger partial charge in [0, 0.05) is 24.2 Å². The van der Waals surface area contributed by atoms with Crippen molar-refractivity contribution in [2.45, 2.75) is 20.1 Å². The van der Waals surface area contributed by atoms with Crippen LogP contribution in [0.1, 0.15) is 18.2 Å². The molecule has 0 bridgehead atoms. The molecule has 2 N–H and O–H groups in total. The molecule has 0 fully saturated rings. The van der Waals surface area contributed by atoms with E-state index in [2.05, 4.69) is 10.3 Å². The molecule has 21 heavy (non-hydrogen) atoms. The number of hydrogen-bond donors (Lipinski definition) is 2. The van der Waals surface area contributed by atoms with Crippen molar-refractivity contribution < 1.29 is 9.53 Å². The zero-order chi connectivity index (χ0) is 15.1. The quantitative estimate of drug-likeness (QED) is 0.767. The van der Waals surface area contributed by atoms with Crippen LogP contribution in [0.2, 0.25) is 0 Å². The summed E-state index contributed by atoms with van der Waals surface area (Å²) in [5, 5.41) is 4.90. The summed E-state index contributed by atoms with van der Waals surface area (Å²) in [6.07, 6.45) is 0. The van der Waals surface area contributed by atoms with Gasteiger partial charge in [0.15, 0.2) is 0 Å². The van der Waals surface area contributed by atoms with E-state index in [0.717, 1.165) is 22.6 Å². The monoisotopic (exact) mass is 306 g/mol. The first-order valence-electron chi connectivity index (χ1n) is 6.73. The summed E-state index contributed by atoms with van der Waals surface area (Å²) in [6, 6.07) is 9.59. The van der Waals surface area contributed by atoms with E-state index in [1.807, 2.05) is 37.3 Å². The molecular formula is C15H18N2O3S. The number of carbonyl (C=O) groups is 1. The van der Waals surface area contributed by atoms with E-state index >= 15 is 0 Å². The molecule has 0 aliphatic heterocycles. The van der Waals surface area contributed by atoms with Gasteiger partial charge in [0.2, 0.25) is 0 Å². The van der Waals surface area contributed by atoms with Gasteiger partial charge in [0.25, 0.3) is 0 Å². The normalized spacial score (nSPS) is 12.0. The fourth-order valence-corrected chi connectivity index (χ4v) is 2.36. The zero-order valence-corrected chi connectivity index (χ0v) is 12.6. The third kappa shape index (κ3) is 5.17. The van der Waals surface area contributed by atoms with Gasteiger partial charge < -0.3 is 15.0 Å². The van der Waals surface area contributed by atoms with Crippen LogP contribution >= 0.6 is 11.3 Å². The van der Waals surface area contributed by atoms with Gasteiger partial charge in [0.05, 0.1) is 5.92 Å². The molecule has 0 aliphatic carbocycles. The average Bonchev–Trinajstić information content (AvgIpc) is 2.91. The first kappa shape index (κ1) is 15.5. The molecule has 2 aromatic rings. The topological polar surface area (TPSA) is 71.2 Å². The molecule has 0 spiro atoms. The smallest absolute Gasteiger partial charge is 0.310 e. The highest BCUT2D eigenvalue weighted by Crippen LogP contribution is 2.04. The van der Waals surface area contributed by atoms with Gasteiger partial charge in [-0.3, -0.25) is 9.59 Å². The number of H-pyrrole nitrogens is 1. The van der Waals surface area contributed by atoms with Gasteiger partial charge in [-0.15, -0.1) is 0 Å². The number of aromatic amines is 1. The minimum atomic E-state index is -0.237. The number of hydrogen-bond acceptors (Lipinski definition) is 5. The molecule has 0 radical (unpaired) electrons.